The normalized spacial score (nSPS) is 15.8. The zero-order valence-electron chi connectivity index (χ0n) is 13.6. The van der Waals surface area contributed by atoms with Crippen molar-refractivity contribution in [2.75, 3.05) is 6.61 Å². The molecule has 122 valence electrons. The minimum Gasteiger partial charge on any atom is -0.449 e. The molecule has 4 nitrogen and oxygen atoms in total. The summed E-state index contributed by atoms with van der Waals surface area (Å²) >= 11 is 3.42. The summed E-state index contributed by atoms with van der Waals surface area (Å²) < 4.78 is 6.49. The maximum atomic E-state index is 12.5. The van der Waals surface area contributed by atoms with Crippen molar-refractivity contribution in [2.45, 2.75) is 58.5 Å². The van der Waals surface area contributed by atoms with Crippen LogP contribution in [0.1, 0.15) is 52.0 Å². The van der Waals surface area contributed by atoms with Crippen molar-refractivity contribution in [2.24, 2.45) is 5.92 Å². The van der Waals surface area contributed by atoms with Gasteiger partial charge in [-0.25, -0.2) is 4.79 Å². The topological polar surface area (TPSA) is 42.4 Å². The molecule has 1 fully saturated rings. The van der Waals surface area contributed by atoms with Crippen LogP contribution in [-0.2, 0) is 11.3 Å². The quantitative estimate of drug-likeness (QED) is 0.768. The molecule has 1 aromatic heterocycles. The van der Waals surface area contributed by atoms with Gasteiger partial charge < -0.3 is 4.74 Å². The molecule has 0 unspecified atom stereocenters. The smallest absolute Gasteiger partial charge is 0.410 e. The van der Waals surface area contributed by atoms with Crippen LogP contribution in [0, 0.1) is 5.92 Å². The summed E-state index contributed by atoms with van der Waals surface area (Å²) in [6.07, 6.45) is 8.16. The van der Waals surface area contributed by atoms with Gasteiger partial charge in [-0.3, -0.25) is 9.88 Å². The fourth-order valence-electron chi connectivity index (χ4n) is 2.74. The van der Waals surface area contributed by atoms with Crippen molar-refractivity contribution >= 4 is 22.0 Å². The maximum absolute atomic E-state index is 12.5. The van der Waals surface area contributed by atoms with Crippen LogP contribution in [0.3, 0.4) is 0 Å². The highest BCUT2D eigenvalue weighted by Gasteiger charge is 2.29. The molecule has 1 aliphatic rings. The van der Waals surface area contributed by atoms with E-state index in [1.165, 1.54) is 25.7 Å². The average molecular weight is 369 g/mol. The van der Waals surface area contributed by atoms with E-state index in [2.05, 4.69) is 20.9 Å². The minimum absolute atomic E-state index is 0.237. The van der Waals surface area contributed by atoms with E-state index in [0.717, 1.165) is 10.0 Å². The molecule has 1 aliphatic carbocycles. The number of hydrogen-bond donors (Lipinski definition) is 0. The monoisotopic (exact) mass is 368 g/mol. The second-order valence-electron chi connectivity index (χ2n) is 7.00. The summed E-state index contributed by atoms with van der Waals surface area (Å²) in [6, 6.07) is 1.98. The van der Waals surface area contributed by atoms with Gasteiger partial charge in [0.2, 0.25) is 0 Å². The van der Waals surface area contributed by atoms with Crippen molar-refractivity contribution < 1.29 is 9.53 Å². The Morgan fingerprint density at radius 3 is 2.64 bits per heavy atom. The van der Waals surface area contributed by atoms with E-state index in [4.69, 9.17) is 4.74 Å². The first-order valence-corrected chi connectivity index (χ1v) is 8.69. The molecule has 1 amide bonds. The number of nitrogens with zero attached hydrogens (tertiary/aromatic N) is 2. The van der Waals surface area contributed by atoms with Crippen molar-refractivity contribution in [3.05, 3.63) is 28.5 Å². The third-order valence-corrected chi connectivity index (χ3v) is 4.48. The second-order valence-corrected chi connectivity index (χ2v) is 7.91. The van der Waals surface area contributed by atoms with Crippen LogP contribution < -0.4 is 0 Å². The van der Waals surface area contributed by atoms with E-state index in [1.54, 1.807) is 17.3 Å². The molecule has 0 bridgehead atoms. The fraction of sp³-hybridized carbons (Fsp3) is 0.647. The standard InChI is InChI=1S/C17H25BrN2O2/c1-17(2,3)20(11-14-8-15(18)10-19-9-14)16(21)22-12-13-6-4-5-7-13/h8-10,13H,4-7,11-12H2,1-3H3. The Labute approximate surface area is 141 Å². The molecule has 1 heterocycles. The number of carbonyl (C=O) groups is 1. The summed E-state index contributed by atoms with van der Waals surface area (Å²) in [6.45, 7) is 7.11. The molecule has 22 heavy (non-hydrogen) atoms. The number of carbonyl (C=O) groups excluding carboxylic acids is 1. The number of pyridine rings is 1. The van der Waals surface area contributed by atoms with Gasteiger partial charge in [0.15, 0.2) is 0 Å². The molecule has 2 rings (SSSR count). The van der Waals surface area contributed by atoms with Gasteiger partial charge in [0.25, 0.3) is 0 Å². The zero-order valence-corrected chi connectivity index (χ0v) is 15.2. The van der Waals surface area contributed by atoms with Gasteiger partial charge in [0, 0.05) is 22.4 Å². The maximum Gasteiger partial charge on any atom is 0.410 e. The molecule has 0 N–H and O–H groups in total. The van der Waals surface area contributed by atoms with Crippen LogP contribution in [0.15, 0.2) is 22.9 Å². The van der Waals surface area contributed by atoms with Gasteiger partial charge in [-0.2, -0.15) is 0 Å². The van der Waals surface area contributed by atoms with Crippen molar-refractivity contribution in [3.8, 4) is 0 Å². The summed E-state index contributed by atoms with van der Waals surface area (Å²) in [5.74, 6) is 0.540. The number of ether oxygens (including phenoxy) is 1. The number of aromatic nitrogens is 1. The highest BCUT2D eigenvalue weighted by molar-refractivity contribution is 9.10. The van der Waals surface area contributed by atoms with Crippen LogP contribution in [0.2, 0.25) is 0 Å². The minimum atomic E-state index is -0.297. The third-order valence-electron chi connectivity index (χ3n) is 4.05. The summed E-state index contributed by atoms with van der Waals surface area (Å²) in [5, 5.41) is 0. The Morgan fingerprint density at radius 1 is 1.36 bits per heavy atom. The highest BCUT2D eigenvalue weighted by atomic mass is 79.9. The Bertz CT molecular complexity index is 508. The molecule has 0 saturated heterocycles. The number of rotatable bonds is 4. The Balaban J connectivity index is 2.00. The molecule has 0 atom stereocenters. The zero-order chi connectivity index (χ0) is 16.2. The number of halogens is 1. The van der Waals surface area contributed by atoms with E-state index < -0.39 is 0 Å². The van der Waals surface area contributed by atoms with Gasteiger partial charge in [0.05, 0.1) is 13.2 Å². The van der Waals surface area contributed by atoms with Gasteiger partial charge in [-0.1, -0.05) is 12.8 Å². The Hall–Kier alpha value is -1.10. The van der Waals surface area contributed by atoms with Crippen LogP contribution in [-0.4, -0.2) is 28.1 Å². The highest BCUT2D eigenvalue weighted by Crippen LogP contribution is 2.26. The summed E-state index contributed by atoms with van der Waals surface area (Å²) in [5.41, 5.74) is 0.692. The lowest BCUT2D eigenvalue weighted by Gasteiger charge is -2.35. The summed E-state index contributed by atoms with van der Waals surface area (Å²) in [7, 11) is 0. The Morgan fingerprint density at radius 2 is 2.05 bits per heavy atom. The molecule has 1 saturated carbocycles. The van der Waals surface area contributed by atoms with Gasteiger partial charge in [0.1, 0.15) is 0 Å². The fourth-order valence-corrected chi connectivity index (χ4v) is 3.16. The SMILES string of the molecule is CC(C)(C)N(Cc1cncc(Br)c1)C(=O)OCC1CCCC1. The average Bonchev–Trinajstić information content (AvgIpc) is 2.94. The largest absolute Gasteiger partial charge is 0.449 e. The van der Waals surface area contributed by atoms with Crippen molar-refractivity contribution in [1.29, 1.82) is 0 Å². The van der Waals surface area contributed by atoms with Crippen LogP contribution >= 0.6 is 15.9 Å². The number of hydrogen-bond acceptors (Lipinski definition) is 3. The number of amides is 1. The first-order valence-electron chi connectivity index (χ1n) is 7.90. The molecular formula is C17H25BrN2O2. The van der Waals surface area contributed by atoms with Gasteiger partial charge >= 0.3 is 6.09 Å². The van der Waals surface area contributed by atoms with Crippen LogP contribution in [0.4, 0.5) is 4.79 Å². The lowest BCUT2D eigenvalue weighted by atomic mass is 10.1. The lowest BCUT2D eigenvalue weighted by molar-refractivity contribution is 0.0539. The van der Waals surface area contributed by atoms with E-state index in [-0.39, 0.29) is 11.6 Å². The molecule has 1 aromatic rings. The molecule has 0 aliphatic heterocycles. The lowest BCUT2D eigenvalue weighted by Crippen LogP contribution is -2.45. The van der Waals surface area contributed by atoms with Crippen LogP contribution in [0.25, 0.3) is 0 Å². The predicted molar refractivity (Wildman–Crippen MR) is 90.5 cm³/mol. The molecule has 0 aromatic carbocycles. The first-order chi connectivity index (χ1) is 10.4. The molecule has 0 spiro atoms. The van der Waals surface area contributed by atoms with E-state index in [1.807, 2.05) is 26.8 Å². The van der Waals surface area contributed by atoms with Gasteiger partial charge in [-0.05, 0) is 67.1 Å². The second kappa shape index (κ2) is 7.44. The summed E-state index contributed by atoms with van der Waals surface area (Å²) in [4.78, 5) is 18.4. The van der Waals surface area contributed by atoms with Crippen molar-refractivity contribution in [1.82, 2.24) is 9.88 Å². The first kappa shape index (κ1) is 17.3. The predicted octanol–water partition coefficient (Wildman–Crippen LogP) is 4.77. The van der Waals surface area contributed by atoms with E-state index in [9.17, 15) is 4.79 Å². The van der Waals surface area contributed by atoms with Gasteiger partial charge in [-0.15, -0.1) is 0 Å². The van der Waals surface area contributed by atoms with E-state index >= 15 is 0 Å². The molecular weight excluding hydrogens is 344 g/mol. The van der Waals surface area contributed by atoms with Crippen LogP contribution in [0.5, 0.6) is 0 Å². The molecule has 0 radical (unpaired) electrons. The Kier molecular flexibility index (Phi) is 5.84. The third kappa shape index (κ3) is 4.97. The van der Waals surface area contributed by atoms with Crippen molar-refractivity contribution in [3.63, 3.8) is 0 Å². The van der Waals surface area contributed by atoms with E-state index in [0.29, 0.717) is 19.1 Å². The molecule has 5 heteroatoms.